The molecule has 0 aromatic heterocycles. The molecule has 2 aromatic rings. The number of ether oxygens (including phenoxy) is 2. The molecule has 0 bridgehead atoms. The molecule has 2 aromatic carbocycles. The second-order valence-corrected chi connectivity index (χ2v) is 5.85. The van der Waals surface area contributed by atoms with E-state index in [-0.39, 0.29) is 6.61 Å². The molecule has 0 saturated carbocycles. The Hall–Kier alpha value is -3.61. The van der Waals surface area contributed by atoms with Crippen LogP contribution in [0.5, 0.6) is 0 Å². The fourth-order valence-electron chi connectivity index (χ4n) is 2.62. The number of oxime groups is 2. The zero-order valence-electron chi connectivity index (χ0n) is 20.9. The molecular weight excluding hydrogens is 420 g/mol. The van der Waals surface area contributed by atoms with Crippen molar-refractivity contribution in [2.45, 2.75) is 41.2 Å². The quantitative estimate of drug-likeness (QED) is 0.156. The van der Waals surface area contributed by atoms with Crippen molar-refractivity contribution in [2.24, 2.45) is 10.3 Å². The lowest BCUT2D eigenvalue weighted by Crippen LogP contribution is -2.13. The van der Waals surface area contributed by atoms with Gasteiger partial charge in [0.1, 0.15) is 30.7 Å². The predicted molar refractivity (Wildman–Crippen MR) is 134 cm³/mol. The summed E-state index contributed by atoms with van der Waals surface area (Å²) in [6, 6.07) is 16.8. The van der Waals surface area contributed by atoms with Crippen molar-refractivity contribution in [1.82, 2.24) is 0 Å². The second kappa shape index (κ2) is 18.0. The van der Waals surface area contributed by atoms with Crippen molar-refractivity contribution in [1.29, 1.82) is 0 Å². The van der Waals surface area contributed by atoms with Gasteiger partial charge in [-0.15, -0.1) is 0 Å². The molecule has 7 nitrogen and oxygen atoms in total. The van der Waals surface area contributed by atoms with Crippen molar-refractivity contribution in [3.63, 3.8) is 0 Å². The molecule has 0 unspecified atom stereocenters. The van der Waals surface area contributed by atoms with Crippen molar-refractivity contribution < 1.29 is 23.9 Å². The Kier molecular flexibility index (Phi) is 16.0. The van der Waals surface area contributed by atoms with Crippen LogP contribution in [-0.4, -0.2) is 38.7 Å². The number of carbonyl (C=O) groups excluding carboxylic acids is 1. The zero-order valence-corrected chi connectivity index (χ0v) is 20.9. The molecule has 0 aliphatic rings. The number of benzene rings is 2. The third-order valence-electron chi connectivity index (χ3n) is 3.94. The Morgan fingerprint density at radius 1 is 0.879 bits per heavy atom. The molecule has 0 radical (unpaired) electrons. The summed E-state index contributed by atoms with van der Waals surface area (Å²) in [5.41, 5.74) is 3.66. The van der Waals surface area contributed by atoms with Gasteiger partial charge in [0.15, 0.2) is 0 Å². The molecule has 0 atom stereocenters. The number of carbonyl (C=O) groups is 1. The summed E-state index contributed by atoms with van der Waals surface area (Å²) in [5, 5.41) is 8.21. The summed E-state index contributed by atoms with van der Waals surface area (Å²) in [7, 11) is 4.26. The predicted octanol–water partition coefficient (Wildman–Crippen LogP) is 5.84. The van der Waals surface area contributed by atoms with E-state index in [0.29, 0.717) is 22.6 Å². The standard InChI is InChI=1S/C22H24N2O5.2C2H6/c1-16(21(24-28-4)17-10-6-5-7-11-17)23-29-14-18-12-8-9-13-19(18)20(15-26-2)22(25)27-3;2*1-2/h5-13,15H,14H2,1-4H3;2*1-2H3/b20-15+,23-16-,24-21?;;. The average Bonchev–Trinajstić information content (AvgIpc) is 2.88. The highest BCUT2D eigenvalue weighted by atomic mass is 16.6. The summed E-state index contributed by atoms with van der Waals surface area (Å²) < 4.78 is 9.86. The van der Waals surface area contributed by atoms with Crippen LogP contribution in [0, 0.1) is 0 Å². The second-order valence-electron chi connectivity index (χ2n) is 5.85. The average molecular weight is 457 g/mol. The van der Waals surface area contributed by atoms with E-state index in [1.54, 1.807) is 13.0 Å². The minimum atomic E-state index is -0.502. The van der Waals surface area contributed by atoms with Crippen LogP contribution in [0.4, 0.5) is 0 Å². The molecular formula is C26H36N2O5. The van der Waals surface area contributed by atoms with Gasteiger partial charge >= 0.3 is 5.97 Å². The lowest BCUT2D eigenvalue weighted by molar-refractivity contribution is -0.133. The summed E-state index contributed by atoms with van der Waals surface area (Å²) in [6.07, 6.45) is 1.35. The number of rotatable bonds is 9. The molecule has 7 heteroatoms. The van der Waals surface area contributed by atoms with E-state index in [4.69, 9.17) is 19.1 Å². The van der Waals surface area contributed by atoms with Gasteiger partial charge in [-0.2, -0.15) is 0 Å². The molecule has 180 valence electrons. The Morgan fingerprint density at radius 2 is 1.48 bits per heavy atom. The van der Waals surface area contributed by atoms with E-state index in [9.17, 15) is 4.79 Å². The first-order valence-electron chi connectivity index (χ1n) is 10.8. The molecule has 0 amide bonds. The summed E-state index contributed by atoms with van der Waals surface area (Å²) in [5.74, 6) is -0.502. The van der Waals surface area contributed by atoms with E-state index < -0.39 is 5.97 Å². The third-order valence-corrected chi connectivity index (χ3v) is 3.94. The number of hydrogen-bond donors (Lipinski definition) is 0. The first-order chi connectivity index (χ1) is 16.1. The minimum Gasteiger partial charge on any atom is -0.503 e. The SMILES string of the molecule is CC.CC.CO/C=C(/C(=O)OC)c1ccccc1CO/N=C(/C)C(=NOC)c1ccccc1. The monoisotopic (exact) mass is 456 g/mol. The molecule has 33 heavy (non-hydrogen) atoms. The van der Waals surface area contributed by atoms with E-state index >= 15 is 0 Å². The smallest absolute Gasteiger partial charge is 0.341 e. The lowest BCUT2D eigenvalue weighted by Gasteiger charge is -2.11. The summed E-state index contributed by atoms with van der Waals surface area (Å²) in [6.45, 7) is 9.92. The zero-order chi connectivity index (χ0) is 25.1. The van der Waals surface area contributed by atoms with Gasteiger partial charge in [-0.3, -0.25) is 0 Å². The topological polar surface area (TPSA) is 78.7 Å². The van der Waals surface area contributed by atoms with Crippen molar-refractivity contribution in [3.05, 3.63) is 77.5 Å². The van der Waals surface area contributed by atoms with Gasteiger partial charge in [0.2, 0.25) is 0 Å². The van der Waals surface area contributed by atoms with E-state index in [1.165, 1.54) is 27.6 Å². The first kappa shape index (κ1) is 29.4. The maximum atomic E-state index is 12.1. The van der Waals surface area contributed by atoms with Crippen molar-refractivity contribution in [2.75, 3.05) is 21.3 Å². The van der Waals surface area contributed by atoms with Crippen LogP contribution >= 0.6 is 0 Å². The molecule has 0 heterocycles. The van der Waals surface area contributed by atoms with Crippen LogP contribution in [0.3, 0.4) is 0 Å². The van der Waals surface area contributed by atoms with E-state index in [1.807, 2.05) is 76.2 Å². The van der Waals surface area contributed by atoms with Gasteiger partial charge in [0, 0.05) is 11.1 Å². The number of esters is 1. The normalized spacial score (nSPS) is 11.2. The highest BCUT2D eigenvalue weighted by Crippen LogP contribution is 2.21. The van der Waals surface area contributed by atoms with Crippen molar-refractivity contribution >= 4 is 23.0 Å². The molecule has 2 rings (SSSR count). The van der Waals surface area contributed by atoms with Crippen LogP contribution in [0.15, 0.2) is 71.2 Å². The molecule has 0 spiro atoms. The van der Waals surface area contributed by atoms with E-state index in [0.717, 1.165) is 11.1 Å². The fourth-order valence-corrected chi connectivity index (χ4v) is 2.62. The van der Waals surface area contributed by atoms with Gasteiger partial charge in [-0.25, -0.2) is 4.79 Å². The van der Waals surface area contributed by atoms with Crippen LogP contribution in [0.25, 0.3) is 5.57 Å². The van der Waals surface area contributed by atoms with E-state index in [2.05, 4.69) is 10.3 Å². The third kappa shape index (κ3) is 9.60. The Bertz CT molecular complexity index is 906. The maximum Gasteiger partial charge on any atom is 0.341 e. The largest absolute Gasteiger partial charge is 0.503 e. The maximum absolute atomic E-state index is 12.1. The fraction of sp³-hybridized carbons (Fsp3) is 0.346. The van der Waals surface area contributed by atoms with Crippen LogP contribution in [-0.2, 0) is 30.6 Å². The van der Waals surface area contributed by atoms with Gasteiger partial charge in [0.25, 0.3) is 0 Å². The lowest BCUT2D eigenvalue weighted by atomic mass is 10.0. The van der Waals surface area contributed by atoms with Crippen LogP contribution in [0.1, 0.15) is 51.3 Å². The van der Waals surface area contributed by atoms with Crippen LogP contribution in [0.2, 0.25) is 0 Å². The summed E-state index contributed by atoms with van der Waals surface area (Å²) in [4.78, 5) is 22.6. The number of hydrogen-bond acceptors (Lipinski definition) is 7. The molecule has 0 aliphatic carbocycles. The molecule has 0 fully saturated rings. The highest BCUT2D eigenvalue weighted by Gasteiger charge is 2.17. The Balaban J connectivity index is 0.00000242. The molecule has 0 N–H and O–H groups in total. The number of methoxy groups -OCH3 is 2. The van der Waals surface area contributed by atoms with Crippen molar-refractivity contribution in [3.8, 4) is 0 Å². The highest BCUT2D eigenvalue weighted by molar-refractivity contribution is 6.47. The van der Waals surface area contributed by atoms with Gasteiger partial charge in [0.05, 0.1) is 20.5 Å². The molecule has 0 saturated heterocycles. The van der Waals surface area contributed by atoms with Crippen LogP contribution < -0.4 is 0 Å². The minimum absolute atomic E-state index is 0.139. The first-order valence-corrected chi connectivity index (χ1v) is 10.8. The van der Waals surface area contributed by atoms with Gasteiger partial charge in [-0.05, 0) is 12.5 Å². The number of nitrogens with zero attached hydrogens (tertiary/aromatic N) is 2. The Labute approximate surface area is 197 Å². The molecule has 0 aliphatic heterocycles. The van der Waals surface area contributed by atoms with Gasteiger partial charge < -0.3 is 19.1 Å². The summed E-state index contributed by atoms with van der Waals surface area (Å²) >= 11 is 0. The van der Waals surface area contributed by atoms with Gasteiger partial charge in [-0.1, -0.05) is 92.6 Å². The Morgan fingerprint density at radius 3 is 2.06 bits per heavy atom.